The Morgan fingerprint density at radius 3 is 1.39 bits per heavy atom. The summed E-state index contributed by atoms with van der Waals surface area (Å²) in [4.78, 5) is 1.69. The maximum atomic E-state index is 13.2. The molecule has 2 rings (SSSR count). The van der Waals surface area contributed by atoms with Crippen LogP contribution in [0.5, 0.6) is 0 Å². The lowest BCUT2D eigenvalue weighted by atomic mass is 10.4. The predicted octanol–water partition coefficient (Wildman–Crippen LogP) is 0.0847. The molecule has 0 fully saturated rings. The normalized spacial score (nSPS) is 11.1. The average molecular weight is 282 g/mol. The lowest BCUT2D eigenvalue weighted by Gasteiger charge is -2.17. The van der Waals surface area contributed by atoms with Crippen LogP contribution >= 0.6 is 0 Å². The molecule has 0 bridgehead atoms. The van der Waals surface area contributed by atoms with Crippen molar-refractivity contribution in [2.45, 2.75) is 9.79 Å². The van der Waals surface area contributed by atoms with Crippen LogP contribution in [0.15, 0.2) is 70.5 Å². The van der Waals surface area contributed by atoms with Gasteiger partial charge in [-0.2, -0.15) is 0 Å². The fraction of sp³-hybridized carbons (Fsp3) is 0.143. The Bertz CT molecular complexity index is 485. The van der Waals surface area contributed by atoms with Crippen molar-refractivity contribution in [1.82, 2.24) is 4.31 Å². The molecule has 0 saturated carbocycles. The Hall–Kier alpha value is -1.16. The van der Waals surface area contributed by atoms with Gasteiger partial charge in [-0.1, -0.05) is 40.6 Å². The van der Waals surface area contributed by atoms with Gasteiger partial charge in [-0.05, 0) is 24.3 Å². The first kappa shape index (κ1) is 14.9. The van der Waals surface area contributed by atoms with Crippen LogP contribution in [-0.2, 0) is 14.3 Å². The molecule has 2 aromatic rings. The van der Waals surface area contributed by atoms with E-state index in [4.69, 9.17) is 0 Å². The summed E-state index contributed by atoms with van der Waals surface area (Å²) in [6.07, 6.45) is 0. The van der Waals surface area contributed by atoms with Crippen molar-refractivity contribution < 1.29 is 16.6 Å². The zero-order valence-electron chi connectivity index (χ0n) is 10.4. The summed E-state index contributed by atoms with van der Waals surface area (Å²) in [5.41, 5.74) is 0. The third kappa shape index (κ3) is 2.64. The molecule has 0 heterocycles. The van der Waals surface area contributed by atoms with E-state index in [2.05, 4.69) is 0 Å². The quantitative estimate of drug-likeness (QED) is 0.730. The Morgan fingerprint density at radius 1 is 0.778 bits per heavy atom. The van der Waals surface area contributed by atoms with Gasteiger partial charge in [0.05, 0.1) is 0 Å². The van der Waals surface area contributed by atoms with Gasteiger partial charge in [0.1, 0.15) is 0 Å². The molecular weight excluding hydrogens is 266 g/mol. The van der Waals surface area contributed by atoms with E-state index in [1.807, 2.05) is 74.8 Å². The molecular formula is C14H16ClNOS. The molecule has 0 spiro atoms. The van der Waals surface area contributed by atoms with Crippen molar-refractivity contribution >= 4 is 10.1 Å². The molecule has 4 heteroatoms. The van der Waals surface area contributed by atoms with Crippen LogP contribution in [0.4, 0.5) is 0 Å². The molecule has 0 N–H and O–H groups in total. The number of halogens is 1. The van der Waals surface area contributed by atoms with Gasteiger partial charge in [0.2, 0.25) is 10.1 Å². The van der Waals surface area contributed by atoms with E-state index in [0.717, 1.165) is 9.79 Å². The van der Waals surface area contributed by atoms with Gasteiger partial charge in [0, 0.05) is 14.1 Å². The second-order valence-corrected chi connectivity index (χ2v) is 6.69. The molecule has 0 saturated heterocycles. The summed E-state index contributed by atoms with van der Waals surface area (Å²) in [5.74, 6) is 0. The van der Waals surface area contributed by atoms with Crippen LogP contribution in [0, 0.1) is 0 Å². The Balaban J connectivity index is 0.00000162. The number of benzene rings is 2. The van der Waals surface area contributed by atoms with Crippen LogP contribution in [-0.4, -0.2) is 18.4 Å². The molecule has 18 heavy (non-hydrogen) atoms. The van der Waals surface area contributed by atoms with Crippen molar-refractivity contribution in [3.63, 3.8) is 0 Å². The minimum atomic E-state index is -2.33. The fourth-order valence-electron chi connectivity index (χ4n) is 1.77. The molecule has 2 aromatic carbocycles. The second kappa shape index (κ2) is 6.14. The first-order valence-electron chi connectivity index (χ1n) is 5.47. The van der Waals surface area contributed by atoms with Gasteiger partial charge in [0.15, 0.2) is 9.79 Å². The molecule has 0 unspecified atom stereocenters. The Morgan fingerprint density at radius 2 is 1.11 bits per heavy atom. The van der Waals surface area contributed by atoms with E-state index in [1.165, 1.54) is 0 Å². The molecule has 0 aliphatic carbocycles. The monoisotopic (exact) mass is 281 g/mol. The van der Waals surface area contributed by atoms with Crippen molar-refractivity contribution in [1.29, 1.82) is 0 Å². The van der Waals surface area contributed by atoms with Crippen LogP contribution in [0.25, 0.3) is 0 Å². The number of nitrogens with zero attached hydrogens (tertiary/aromatic N) is 1. The first-order valence-corrected chi connectivity index (χ1v) is 6.99. The van der Waals surface area contributed by atoms with Crippen LogP contribution in [0.1, 0.15) is 0 Å². The van der Waals surface area contributed by atoms with Crippen LogP contribution in [0.2, 0.25) is 0 Å². The standard InChI is InChI=1S/C14H16NOS.ClH/c1-15(2)17(16,13-9-5-3-6-10-13)14-11-7-4-8-12-14;/h3-12H,1-2H3;1H/q+1;/p-1. The smallest absolute Gasteiger partial charge is 0.223 e. The maximum absolute atomic E-state index is 13.2. The lowest BCUT2D eigenvalue weighted by Crippen LogP contribution is -3.00. The van der Waals surface area contributed by atoms with Gasteiger partial charge >= 0.3 is 0 Å². The molecule has 0 radical (unpaired) electrons. The molecule has 96 valence electrons. The first-order chi connectivity index (χ1) is 8.15. The third-order valence-corrected chi connectivity index (χ3v) is 5.49. The molecule has 2 nitrogen and oxygen atoms in total. The minimum absolute atomic E-state index is 0. The van der Waals surface area contributed by atoms with Crippen molar-refractivity contribution in [3.05, 3.63) is 60.7 Å². The molecule has 0 aromatic heterocycles. The highest BCUT2D eigenvalue weighted by Crippen LogP contribution is 2.30. The van der Waals surface area contributed by atoms with Crippen LogP contribution in [0.3, 0.4) is 0 Å². The van der Waals surface area contributed by atoms with E-state index in [0.29, 0.717) is 0 Å². The SMILES string of the molecule is CN(C)[S+](=O)(c1ccccc1)c1ccccc1.[Cl-]. The van der Waals surface area contributed by atoms with Crippen molar-refractivity contribution in [2.24, 2.45) is 0 Å². The highest BCUT2D eigenvalue weighted by molar-refractivity contribution is 8.00. The lowest BCUT2D eigenvalue weighted by molar-refractivity contribution is -0.00000484. The van der Waals surface area contributed by atoms with Crippen molar-refractivity contribution in [2.75, 3.05) is 14.1 Å². The highest BCUT2D eigenvalue weighted by Gasteiger charge is 2.37. The zero-order chi connectivity index (χ0) is 12.3. The predicted molar refractivity (Wildman–Crippen MR) is 71.2 cm³/mol. The molecule has 0 amide bonds. The fourth-order valence-corrected chi connectivity index (χ4v) is 3.94. The van der Waals surface area contributed by atoms with Crippen LogP contribution < -0.4 is 12.4 Å². The number of hydrogen-bond acceptors (Lipinski definition) is 1. The summed E-state index contributed by atoms with van der Waals surface area (Å²) in [5, 5.41) is 0. The average Bonchev–Trinajstić information content (AvgIpc) is 2.39. The van der Waals surface area contributed by atoms with Gasteiger partial charge in [-0.3, -0.25) is 0 Å². The summed E-state index contributed by atoms with van der Waals surface area (Å²) < 4.78 is 15.0. The summed E-state index contributed by atoms with van der Waals surface area (Å²) >= 11 is 0. The summed E-state index contributed by atoms with van der Waals surface area (Å²) in [6.45, 7) is 0. The van der Waals surface area contributed by atoms with E-state index in [1.54, 1.807) is 4.31 Å². The Kier molecular flexibility index (Phi) is 5.08. The summed E-state index contributed by atoms with van der Waals surface area (Å²) in [6, 6.07) is 19.2. The second-order valence-electron chi connectivity index (χ2n) is 3.96. The van der Waals surface area contributed by atoms with E-state index in [-0.39, 0.29) is 12.4 Å². The number of rotatable bonds is 3. The topological polar surface area (TPSA) is 20.3 Å². The van der Waals surface area contributed by atoms with Gasteiger partial charge in [-0.15, -0.1) is 4.31 Å². The van der Waals surface area contributed by atoms with E-state index < -0.39 is 10.1 Å². The molecule has 0 aliphatic heterocycles. The van der Waals surface area contributed by atoms with Gasteiger partial charge in [-0.25, -0.2) is 0 Å². The zero-order valence-corrected chi connectivity index (χ0v) is 12.0. The van der Waals surface area contributed by atoms with E-state index >= 15 is 0 Å². The van der Waals surface area contributed by atoms with Gasteiger partial charge in [0.25, 0.3) is 0 Å². The maximum Gasteiger partial charge on any atom is 0.223 e. The molecule has 0 aliphatic rings. The van der Waals surface area contributed by atoms with Gasteiger partial charge < -0.3 is 12.4 Å². The highest BCUT2D eigenvalue weighted by atomic mass is 35.5. The third-order valence-electron chi connectivity index (χ3n) is 2.64. The Labute approximate surface area is 116 Å². The number of hydrogen-bond donors (Lipinski definition) is 0. The minimum Gasteiger partial charge on any atom is -1.00 e. The summed E-state index contributed by atoms with van der Waals surface area (Å²) in [7, 11) is 1.37. The largest absolute Gasteiger partial charge is 1.00 e. The van der Waals surface area contributed by atoms with Crippen molar-refractivity contribution in [3.8, 4) is 0 Å². The molecule has 0 atom stereocenters. The van der Waals surface area contributed by atoms with E-state index in [9.17, 15) is 4.21 Å².